The van der Waals surface area contributed by atoms with Gasteiger partial charge in [0.2, 0.25) is 0 Å². The third kappa shape index (κ3) is 7.93. The van der Waals surface area contributed by atoms with Crippen LogP contribution in [0.2, 0.25) is 0 Å². The molecular weight excluding hydrogens is 645 g/mol. The number of phosphoric acid groups is 3. The van der Waals surface area contributed by atoms with Crippen molar-refractivity contribution >= 4 is 46.4 Å². The Morgan fingerprint density at radius 1 is 1.02 bits per heavy atom. The van der Waals surface area contributed by atoms with E-state index in [1.54, 1.807) is 0 Å². The zero-order chi connectivity index (χ0) is 31.7. The van der Waals surface area contributed by atoms with Gasteiger partial charge >= 0.3 is 23.5 Å². The first-order valence-corrected chi connectivity index (χ1v) is 16.1. The van der Waals surface area contributed by atoms with Gasteiger partial charge < -0.3 is 49.9 Å². The number of anilines is 1. The highest BCUT2D eigenvalue weighted by Crippen LogP contribution is 2.66. The van der Waals surface area contributed by atoms with Crippen molar-refractivity contribution in [3.63, 3.8) is 0 Å². The number of aliphatic hydroxyl groups excluding tert-OH is 1. The van der Waals surface area contributed by atoms with Crippen LogP contribution in [0.15, 0.2) is 30.9 Å². The summed E-state index contributed by atoms with van der Waals surface area (Å²) < 4.78 is 64.4. The van der Waals surface area contributed by atoms with Gasteiger partial charge in [-0.25, -0.2) is 28.6 Å². The van der Waals surface area contributed by atoms with Gasteiger partial charge in [0.1, 0.15) is 35.6 Å². The maximum Gasteiger partial charge on any atom is 0.490 e. The summed E-state index contributed by atoms with van der Waals surface area (Å²) in [5.41, 5.74) is 6.11. The molecule has 0 aliphatic carbocycles. The van der Waals surface area contributed by atoms with Crippen molar-refractivity contribution in [2.45, 2.75) is 24.5 Å². The molecule has 1 saturated heterocycles. The number of aliphatic hydroxyl groups is 1. The molecule has 4 rings (SSSR count). The number of amides is 1. The second-order valence-corrected chi connectivity index (χ2v) is 13.0. The molecule has 1 aliphatic heterocycles. The number of nitrogen functional groups attached to an aromatic ring is 1. The standard InChI is InChI=1S/C19H25N6O15P3/c1-35-10-3-9(4-11(5-10)36-2)18(27)24-13-12(6-37-42(31,32)40-43(33,34)39-41(28,29)30)38-19(15(13)26)25-8-23-14-16(20)21-7-22-17(14)25/h3-5,7-8,12-13,15,19,26H,6H2,1-2H3,(H,24,27)(H,31,32)(H,33,34)(H2,20,21,22)(H2,28,29,30)/t12-,13?,15+,19-/m1/s1. The summed E-state index contributed by atoms with van der Waals surface area (Å²) in [7, 11) is -14.3. The van der Waals surface area contributed by atoms with Crippen LogP contribution in [0.5, 0.6) is 11.5 Å². The summed E-state index contributed by atoms with van der Waals surface area (Å²) in [5, 5.41) is 13.8. The number of nitrogens with zero attached hydrogens (tertiary/aromatic N) is 4. The molecule has 3 heterocycles. The molecule has 3 unspecified atom stereocenters. The number of carbonyl (C=O) groups excluding carboxylic acids is 1. The van der Waals surface area contributed by atoms with Gasteiger partial charge in [0.25, 0.3) is 5.91 Å². The molecule has 0 bridgehead atoms. The van der Waals surface area contributed by atoms with Crippen molar-refractivity contribution in [3.8, 4) is 11.5 Å². The number of nitrogens with two attached hydrogens (primary N) is 1. The van der Waals surface area contributed by atoms with Crippen molar-refractivity contribution in [2.75, 3.05) is 26.6 Å². The molecule has 1 aromatic carbocycles. The number of phosphoric ester groups is 1. The van der Waals surface area contributed by atoms with E-state index in [0.717, 1.165) is 6.33 Å². The third-order valence-corrected chi connectivity index (χ3v) is 9.57. The molecule has 236 valence electrons. The van der Waals surface area contributed by atoms with Crippen molar-refractivity contribution < 1.29 is 70.5 Å². The molecule has 6 atom stereocenters. The molecule has 21 nitrogen and oxygen atoms in total. The molecule has 1 aliphatic rings. The number of ether oxygens (including phenoxy) is 3. The summed E-state index contributed by atoms with van der Waals surface area (Å²) in [6, 6.07) is 2.82. The minimum atomic E-state index is -5.81. The first kappa shape index (κ1) is 32.9. The molecule has 1 fully saturated rings. The number of carbonyl (C=O) groups is 1. The topological polar surface area (TPSA) is 306 Å². The first-order chi connectivity index (χ1) is 20.0. The molecule has 0 spiro atoms. The lowest BCUT2D eigenvalue weighted by Crippen LogP contribution is -2.48. The van der Waals surface area contributed by atoms with Crippen LogP contribution in [0.1, 0.15) is 16.6 Å². The number of hydrogen-bond acceptors (Lipinski definition) is 15. The van der Waals surface area contributed by atoms with Gasteiger partial charge in [0.15, 0.2) is 17.7 Å². The summed E-state index contributed by atoms with van der Waals surface area (Å²) >= 11 is 0. The van der Waals surface area contributed by atoms with Gasteiger partial charge in [-0.3, -0.25) is 13.9 Å². The van der Waals surface area contributed by atoms with Gasteiger partial charge in [0, 0.05) is 11.6 Å². The Balaban J connectivity index is 1.61. The van der Waals surface area contributed by atoms with E-state index in [4.69, 9.17) is 34.3 Å². The van der Waals surface area contributed by atoms with E-state index in [-0.39, 0.29) is 34.0 Å². The fourth-order valence-electron chi connectivity index (χ4n) is 3.99. The van der Waals surface area contributed by atoms with Crippen LogP contribution >= 0.6 is 23.5 Å². The number of fused-ring (bicyclic) bond motifs is 1. The second kappa shape index (κ2) is 12.5. The first-order valence-electron chi connectivity index (χ1n) is 11.6. The minimum Gasteiger partial charge on any atom is -0.497 e. The van der Waals surface area contributed by atoms with Crippen molar-refractivity contribution in [2.24, 2.45) is 0 Å². The molecule has 0 radical (unpaired) electrons. The quantitative estimate of drug-likeness (QED) is 0.123. The van der Waals surface area contributed by atoms with Gasteiger partial charge in [-0.1, -0.05) is 0 Å². The largest absolute Gasteiger partial charge is 0.497 e. The molecular formula is C19H25N6O15P3. The number of rotatable bonds is 12. The van der Waals surface area contributed by atoms with Crippen LogP contribution in [0, 0.1) is 0 Å². The predicted molar refractivity (Wildman–Crippen MR) is 140 cm³/mol. The smallest absolute Gasteiger partial charge is 0.490 e. The van der Waals surface area contributed by atoms with E-state index in [9.17, 15) is 33.4 Å². The van der Waals surface area contributed by atoms with Crippen LogP contribution in [-0.4, -0.2) is 89.2 Å². The minimum absolute atomic E-state index is 0.0114. The molecule has 2 aromatic heterocycles. The zero-order valence-electron chi connectivity index (χ0n) is 21.9. The fourth-order valence-corrected chi connectivity index (χ4v) is 7.02. The van der Waals surface area contributed by atoms with Gasteiger partial charge in [0.05, 0.1) is 33.2 Å². The Bertz CT molecular complexity index is 1630. The van der Waals surface area contributed by atoms with E-state index in [1.807, 2.05) is 0 Å². The van der Waals surface area contributed by atoms with Crippen molar-refractivity contribution in [1.82, 2.24) is 24.8 Å². The maximum atomic E-state index is 13.2. The number of hydrogen-bond donors (Lipinski definition) is 7. The number of aromatic nitrogens is 4. The Hall–Kier alpha value is -3.03. The summed E-state index contributed by atoms with van der Waals surface area (Å²) in [6.07, 6.45) is -2.11. The number of benzene rings is 1. The zero-order valence-corrected chi connectivity index (χ0v) is 24.6. The van der Waals surface area contributed by atoms with Gasteiger partial charge in [-0.2, -0.15) is 8.62 Å². The highest BCUT2D eigenvalue weighted by Gasteiger charge is 2.48. The average Bonchev–Trinajstić information content (AvgIpc) is 3.46. The molecule has 3 aromatic rings. The van der Waals surface area contributed by atoms with Crippen LogP contribution in [0.25, 0.3) is 11.2 Å². The van der Waals surface area contributed by atoms with Crippen LogP contribution < -0.4 is 20.5 Å². The van der Waals surface area contributed by atoms with Crippen molar-refractivity contribution in [3.05, 3.63) is 36.4 Å². The summed E-state index contributed by atoms with van der Waals surface area (Å²) in [5.74, 6) is -0.248. The normalized spacial score (nSPS) is 23.4. The third-order valence-electron chi connectivity index (χ3n) is 5.77. The van der Waals surface area contributed by atoms with Crippen LogP contribution in [0.3, 0.4) is 0 Å². The molecule has 43 heavy (non-hydrogen) atoms. The van der Waals surface area contributed by atoms with Crippen LogP contribution in [-0.2, 0) is 31.6 Å². The Labute approximate surface area is 241 Å². The van der Waals surface area contributed by atoms with E-state index < -0.39 is 60.5 Å². The average molecular weight is 670 g/mol. The van der Waals surface area contributed by atoms with Gasteiger partial charge in [-0.05, 0) is 12.1 Å². The van der Waals surface area contributed by atoms with Gasteiger partial charge in [-0.15, -0.1) is 0 Å². The number of methoxy groups -OCH3 is 2. The lowest BCUT2D eigenvalue weighted by molar-refractivity contribution is -0.0483. The molecule has 0 saturated carbocycles. The predicted octanol–water partition coefficient (Wildman–Crippen LogP) is -0.174. The highest BCUT2D eigenvalue weighted by molar-refractivity contribution is 7.66. The molecule has 8 N–H and O–H groups in total. The number of nitrogens with one attached hydrogen (secondary N) is 1. The van der Waals surface area contributed by atoms with E-state index in [1.165, 1.54) is 43.3 Å². The van der Waals surface area contributed by atoms with Crippen molar-refractivity contribution in [1.29, 1.82) is 0 Å². The molecule has 1 amide bonds. The molecule has 24 heteroatoms. The Morgan fingerprint density at radius 3 is 2.28 bits per heavy atom. The van der Waals surface area contributed by atoms with E-state index in [0.29, 0.717) is 0 Å². The highest BCUT2D eigenvalue weighted by atomic mass is 31.3. The lowest BCUT2D eigenvalue weighted by Gasteiger charge is -2.23. The second-order valence-electron chi connectivity index (χ2n) is 8.63. The fraction of sp³-hybridized carbons (Fsp3) is 0.368. The van der Waals surface area contributed by atoms with E-state index >= 15 is 0 Å². The number of imidazole rings is 1. The lowest BCUT2D eigenvalue weighted by atomic mass is 10.1. The SMILES string of the molecule is COc1cc(OC)cc(C(=O)NC2[C@@H](COP(=O)(O)OP(=O)(O)OP(=O)(O)O)O[C@@H](n3cnc4c(N)ncnc43)[C@H]2O)c1. The maximum absolute atomic E-state index is 13.2. The Kier molecular flexibility index (Phi) is 9.58. The summed E-state index contributed by atoms with van der Waals surface area (Å²) in [6.45, 7) is -0.993. The Morgan fingerprint density at radius 2 is 1.67 bits per heavy atom. The monoisotopic (exact) mass is 670 g/mol. The van der Waals surface area contributed by atoms with E-state index in [2.05, 4.69) is 28.9 Å². The van der Waals surface area contributed by atoms with Crippen LogP contribution in [0.4, 0.5) is 5.82 Å². The summed E-state index contributed by atoms with van der Waals surface area (Å²) in [4.78, 5) is 61.9.